The van der Waals surface area contributed by atoms with Crippen LogP contribution in [0.2, 0.25) is 0 Å². The van der Waals surface area contributed by atoms with Crippen LogP contribution in [0.5, 0.6) is 0 Å². The highest BCUT2D eigenvalue weighted by Gasteiger charge is 2.29. The van der Waals surface area contributed by atoms with Crippen LogP contribution in [0.3, 0.4) is 0 Å². The summed E-state index contributed by atoms with van der Waals surface area (Å²) in [5.74, 6) is 5.58. The van der Waals surface area contributed by atoms with Gasteiger partial charge in [-0.25, -0.2) is 0 Å². The standard InChI is InChI=1S/C16H20N2O/c1-16(17-2)10-12-18(13-11-16)15(19)9-8-14-6-4-3-5-7-14/h3-7,17H,10-13H2,1-2H3. The number of rotatable bonds is 1. The first-order valence-corrected chi connectivity index (χ1v) is 6.68. The topological polar surface area (TPSA) is 32.3 Å². The highest BCUT2D eigenvalue weighted by atomic mass is 16.2. The van der Waals surface area contributed by atoms with Crippen molar-refractivity contribution in [1.29, 1.82) is 0 Å². The Bertz CT molecular complexity index is 490. The first-order valence-electron chi connectivity index (χ1n) is 6.68. The Kier molecular flexibility index (Phi) is 4.24. The van der Waals surface area contributed by atoms with Crippen LogP contribution in [0.4, 0.5) is 0 Å². The van der Waals surface area contributed by atoms with Gasteiger partial charge in [0.05, 0.1) is 0 Å². The molecular formula is C16H20N2O. The summed E-state index contributed by atoms with van der Waals surface area (Å²) in [4.78, 5) is 13.8. The van der Waals surface area contributed by atoms with Crippen LogP contribution in [0.25, 0.3) is 0 Å². The van der Waals surface area contributed by atoms with Gasteiger partial charge in [0.15, 0.2) is 0 Å². The van der Waals surface area contributed by atoms with E-state index in [1.165, 1.54) is 0 Å². The van der Waals surface area contributed by atoms with Crippen LogP contribution < -0.4 is 5.32 Å². The van der Waals surface area contributed by atoms with Crippen LogP contribution >= 0.6 is 0 Å². The molecule has 0 spiro atoms. The minimum atomic E-state index is -0.0676. The molecule has 1 aromatic carbocycles. The molecule has 19 heavy (non-hydrogen) atoms. The highest BCUT2D eigenvalue weighted by Crippen LogP contribution is 2.20. The van der Waals surface area contributed by atoms with Crippen LogP contribution in [-0.4, -0.2) is 36.5 Å². The Morgan fingerprint density at radius 3 is 2.47 bits per heavy atom. The third-order valence-electron chi connectivity index (χ3n) is 3.85. The van der Waals surface area contributed by atoms with Gasteiger partial charge in [0.1, 0.15) is 0 Å². The third-order valence-corrected chi connectivity index (χ3v) is 3.85. The molecule has 1 fully saturated rings. The molecule has 0 radical (unpaired) electrons. The number of carbonyl (C=O) groups excluding carboxylic acids is 1. The molecule has 100 valence electrons. The Hall–Kier alpha value is -1.79. The fourth-order valence-electron chi connectivity index (χ4n) is 2.18. The molecule has 1 saturated heterocycles. The molecule has 1 N–H and O–H groups in total. The van der Waals surface area contributed by atoms with E-state index >= 15 is 0 Å². The number of amides is 1. The van der Waals surface area contributed by atoms with E-state index in [-0.39, 0.29) is 11.4 Å². The molecule has 0 aliphatic carbocycles. The highest BCUT2D eigenvalue weighted by molar-refractivity contribution is 5.94. The van der Waals surface area contributed by atoms with E-state index in [0.29, 0.717) is 0 Å². The lowest BCUT2D eigenvalue weighted by Gasteiger charge is -2.38. The zero-order valence-electron chi connectivity index (χ0n) is 11.6. The second kappa shape index (κ2) is 5.90. The van der Waals surface area contributed by atoms with E-state index in [4.69, 9.17) is 0 Å². The number of nitrogens with zero attached hydrogens (tertiary/aromatic N) is 1. The maximum absolute atomic E-state index is 12.0. The van der Waals surface area contributed by atoms with Crippen molar-refractivity contribution in [2.24, 2.45) is 0 Å². The summed E-state index contributed by atoms with van der Waals surface area (Å²) in [6.45, 7) is 3.75. The quantitative estimate of drug-likeness (QED) is 0.775. The molecular weight excluding hydrogens is 236 g/mol. The Morgan fingerprint density at radius 2 is 1.89 bits per heavy atom. The Morgan fingerprint density at radius 1 is 1.26 bits per heavy atom. The zero-order valence-corrected chi connectivity index (χ0v) is 11.6. The number of hydrogen-bond donors (Lipinski definition) is 1. The number of nitrogens with one attached hydrogen (secondary N) is 1. The molecule has 0 unspecified atom stereocenters. The molecule has 3 nitrogen and oxygen atoms in total. The van der Waals surface area contributed by atoms with Crippen LogP contribution in [0.1, 0.15) is 25.3 Å². The molecule has 1 amide bonds. The fraction of sp³-hybridized carbons (Fsp3) is 0.438. The van der Waals surface area contributed by atoms with Gasteiger partial charge >= 0.3 is 0 Å². The van der Waals surface area contributed by atoms with Crippen molar-refractivity contribution in [1.82, 2.24) is 10.2 Å². The van der Waals surface area contributed by atoms with Crippen molar-refractivity contribution < 1.29 is 4.79 Å². The van der Waals surface area contributed by atoms with E-state index < -0.39 is 0 Å². The second-order valence-electron chi connectivity index (χ2n) is 5.22. The van der Waals surface area contributed by atoms with Gasteiger partial charge in [-0.05, 0) is 38.9 Å². The summed E-state index contributed by atoms with van der Waals surface area (Å²) >= 11 is 0. The maximum atomic E-state index is 12.0. The third kappa shape index (κ3) is 3.59. The number of likely N-dealkylation sites (tertiary alicyclic amines) is 1. The normalized spacial score (nSPS) is 17.5. The van der Waals surface area contributed by atoms with Crippen LogP contribution in [-0.2, 0) is 4.79 Å². The number of piperidine rings is 1. The van der Waals surface area contributed by atoms with Gasteiger partial charge in [-0.1, -0.05) is 24.1 Å². The molecule has 1 aliphatic rings. The SMILES string of the molecule is CNC1(C)CCN(C(=O)C#Cc2ccccc2)CC1. The van der Waals surface area contributed by atoms with Gasteiger partial charge in [-0.3, -0.25) is 4.79 Å². The van der Waals surface area contributed by atoms with E-state index in [9.17, 15) is 4.79 Å². The Labute approximate surface area is 115 Å². The number of hydrogen-bond acceptors (Lipinski definition) is 2. The molecule has 0 atom stereocenters. The molecule has 1 aromatic rings. The first-order chi connectivity index (χ1) is 9.13. The maximum Gasteiger partial charge on any atom is 0.298 e. The monoisotopic (exact) mass is 256 g/mol. The lowest BCUT2D eigenvalue weighted by molar-refractivity contribution is -0.126. The predicted octanol–water partition coefficient (Wildman–Crippen LogP) is 1.64. The minimum Gasteiger partial charge on any atom is -0.332 e. The van der Waals surface area contributed by atoms with Gasteiger partial charge in [0, 0.05) is 30.1 Å². The van der Waals surface area contributed by atoms with Gasteiger partial charge in [-0.15, -0.1) is 0 Å². The van der Waals surface area contributed by atoms with E-state index in [1.54, 1.807) is 0 Å². The van der Waals surface area contributed by atoms with Crippen molar-refractivity contribution in [3.63, 3.8) is 0 Å². The van der Waals surface area contributed by atoms with Gasteiger partial charge < -0.3 is 10.2 Å². The number of carbonyl (C=O) groups is 1. The summed E-state index contributed by atoms with van der Waals surface area (Å²) in [7, 11) is 1.98. The van der Waals surface area contributed by atoms with Crippen LogP contribution in [0, 0.1) is 11.8 Å². The molecule has 2 rings (SSSR count). The predicted molar refractivity (Wildman–Crippen MR) is 76.6 cm³/mol. The Balaban J connectivity index is 1.94. The lowest BCUT2D eigenvalue weighted by Crippen LogP contribution is -2.51. The molecule has 0 bridgehead atoms. The second-order valence-corrected chi connectivity index (χ2v) is 5.22. The van der Waals surface area contributed by atoms with Crippen molar-refractivity contribution in [3.8, 4) is 11.8 Å². The average Bonchev–Trinajstić information content (AvgIpc) is 2.47. The first kappa shape index (κ1) is 13.6. The van der Waals surface area contributed by atoms with Crippen LogP contribution in [0.15, 0.2) is 30.3 Å². The minimum absolute atomic E-state index is 0.0676. The van der Waals surface area contributed by atoms with Crippen molar-refractivity contribution in [3.05, 3.63) is 35.9 Å². The van der Waals surface area contributed by atoms with Gasteiger partial charge in [-0.2, -0.15) is 0 Å². The molecule has 1 heterocycles. The smallest absolute Gasteiger partial charge is 0.298 e. The van der Waals surface area contributed by atoms with E-state index in [2.05, 4.69) is 24.1 Å². The molecule has 0 saturated carbocycles. The fourth-order valence-corrected chi connectivity index (χ4v) is 2.18. The summed E-state index contributed by atoms with van der Waals surface area (Å²) in [6.07, 6.45) is 1.95. The summed E-state index contributed by atoms with van der Waals surface area (Å²) < 4.78 is 0. The van der Waals surface area contributed by atoms with E-state index in [0.717, 1.165) is 31.5 Å². The summed E-state index contributed by atoms with van der Waals surface area (Å²) in [5.41, 5.74) is 1.04. The van der Waals surface area contributed by atoms with Gasteiger partial charge in [0.2, 0.25) is 0 Å². The number of benzene rings is 1. The van der Waals surface area contributed by atoms with Crippen molar-refractivity contribution >= 4 is 5.91 Å². The molecule has 0 aromatic heterocycles. The zero-order chi connectivity index (χ0) is 13.7. The molecule has 3 heteroatoms. The summed E-state index contributed by atoms with van der Waals surface area (Å²) in [5, 5.41) is 3.32. The van der Waals surface area contributed by atoms with Gasteiger partial charge in [0.25, 0.3) is 5.91 Å². The largest absolute Gasteiger partial charge is 0.332 e. The van der Waals surface area contributed by atoms with E-state index in [1.807, 2.05) is 42.3 Å². The van der Waals surface area contributed by atoms with Crippen molar-refractivity contribution in [2.45, 2.75) is 25.3 Å². The van der Waals surface area contributed by atoms with Crippen molar-refractivity contribution in [2.75, 3.05) is 20.1 Å². The summed E-state index contributed by atoms with van der Waals surface area (Å²) in [6, 6.07) is 9.61. The lowest BCUT2D eigenvalue weighted by atomic mass is 9.90. The molecule has 1 aliphatic heterocycles. The average molecular weight is 256 g/mol.